The van der Waals surface area contributed by atoms with Gasteiger partial charge in [0.1, 0.15) is 11.6 Å². The zero-order chi connectivity index (χ0) is 15.4. The summed E-state index contributed by atoms with van der Waals surface area (Å²) in [6.07, 6.45) is 5.29. The van der Waals surface area contributed by atoms with Gasteiger partial charge in [-0.3, -0.25) is 4.79 Å². The molecule has 0 saturated carbocycles. The number of benzene rings is 1. The van der Waals surface area contributed by atoms with Crippen molar-refractivity contribution >= 4 is 17.4 Å². The van der Waals surface area contributed by atoms with Crippen LogP contribution in [0.2, 0.25) is 0 Å². The summed E-state index contributed by atoms with van der Waals surface area (Å²) in [7, 11) is 0. The predicted octanol–water partition coefficient (Wildman–Crippen LogP) is 3.03. The van der Waals surface area contributed by atoms with E-state index < -0.39 is 0 Å². The van der Waals surface area contributed by atoms with Gasteiger partial charge in [-0.25, -0.2) is 4.98 Å². The number of carbonyl (C=O) groups excluding carboxylic acids is 1. The molecule has 22 heavy (non-hydrogen) atoms. The minimum Gasteiger partial charge on any atom is -0.508 e. The van der Waals surface area contributed by atoms with Gasteiger partial charge in [0, 0.05) is 25.0 Å². The first-order valence-electron chi connectivity index (χ1n) is 7.54. The number of amides is 1. The summed E-state index contributed by atoms with van der Waals surface area (Å²) < 4.78 is 0. The van der Waals surface area contributed by atoms with Crippen molar-refractivity contribution < 1.29 is 9.90 Å². The second-order valence-electron chi connectivity index (χ2n) is 5.45. The van der Waals surface area contributed by atoms with Crippen LogP contribution in [-0.2, 0) is 0 Å². The minimum absolute atomic E-state index is 0.172. The quantitative estimate of drug-likeness (QED) is 0.855. The molecule has 1 fully saturated rings. The second kappa shape index (κ2) is 6.47. The van der Waals surface area contributed by atoms with Crippen LogP contribution in [-0.4, -0.2) is 29.1 Å². The molecule has 1 saturated heterocycles. The molecule has 0 aliphatic carbocycles. The molecule has 1 aliphatic rings. The monoisotopic (exact) mass is 297 g/mol. The number of hydrogen-bond donors (Lipinski definition) is 2. The van der Waals surface area contributed by atoms with Crippen LogP contribution in [0.4, 0.5) is 11.5 Å². The third-order valence-electron chi connectivity index (χ3n) is 3.82. The van der Waals surface area contributed by atoms with Crippen LogP contribution in [0.1, 0.15) is 29.6 Å². The number of phenolic OH excluding ortho intramolecular Hbond substituents is 1. The highest BCUT2D eigenvalue weighted by Crippen LogP contribution is 2.18. The first kappa shape index (κ1) is 14.4. The Morgan fingerprint density at radius 2 is 1.77 bits per heavy atom. The molecule has 5 nitrogen and oxygen atoms in total. The van der Waals surface area contributed by atoms with Gasteiger partial charge in [0.2, 0.25) is 0 Å². The average Bonchev–Trinajstić information content (AvgIpc) is 2.58. The third-order valence-corrected chi connectivity index (χ3v) is 3.82. The standard InChI is InChI=1S/C17H19N3O2/c21-15-7-5-14(6-8-15)19-17(22)13-4-9-16(18-12-13)20-10-2-1-3-11-20/h4-9,12,21H,1-3,10-11H2,(H,19,22). The first-order chi connectivity index (χ1) is 10.7. The molecule has 3 rings (SSSR count). The van der Waals surface area contributed by atoms with Gasteiger partial charge in [-0.15, -0.1) is 0 Å². The van der Waals surface area contributed by atoms with E-state index in [2.05, 4.69) is 15.2 Å². The molecule has 0 atom stereocenters. The zero-order valence-corrected chi connectivity index (χ0v) is 12.3. The molecule has 2 aromatic rings. The van der Waals surface area contributed by atoms with E-state index >= 15 is 0 Å². The number of nitrogens with one attached hydrogen (secondary N) is 1. The summed E-state index contributed by atoms with van der Waals surface area (Å²) in [5.41, 5.74) is 1.16. The predicted molar refractivity (Wildman–Crippen MR) is 86.4 cm³/mol. The lowest BCUT2D eigenvalue weighted by Crippen LogP contribution is -2.30. The first-order valence-corrected chi connectivity index (χ1v) is 7.54. The summed E-state index contributed by atoms with van der Waals surface area (Å²) >= 11 is 0. The lowest BCUT2D eigenvalue weighted by atomic mass is 10.1. The Kier molecular flexibility index (Phi) is 4.23. The molecule has 1 aliphatic heterocycles. The fourth-order valence-corrected chi connectivity index (χ4v) is 2.58. The van der Waals surface area contributed by atoms with Gasteiger partial charge >= 0.3 is 0 Å². The Labute approximate surface area is 129 Å². The van der Waals surface area contributed by atoms with E-state index in [1.165, 1.54) is 31.4 Å². The Morgan fingerprint density at radius 3 is 2.41 bits per heavy atom. The van der Waals surface area contributed by atoms with Gasteiger partial charge in [-0.2, -0.15) is 0 Å². The number of aromatic hydroxyl groups is 1. The van der Waals surface area contributed by atoms with E-state index in [4.69, 9.17) is 0 Å². The number of rotatable bonds is 3. The van der Waals surface area contributed by atoms with E-state index in [0.29, 0.717) is 11.3 Å². The molecule has 2 heterocycles. The molecule has 1 aromatic heterocycles. The fraction of sp³-hybridized carbons (Fsp3) is 0.294. The number of aromatic nitrogens is 1. The highest BCUT2D eigenvalue weighted by Gasteiger charge is 2.13. The van der Waals surface area contributed by atoms with Crippen molar-refractivity contribution in [2.45, 2.75) is 19.3 Å². The fourth-order valence-electron chi connectivity index (χ4n) is 2.58. The Morgan fingerprint density at radius 1 is 1.05 bits per heavy atom. The lowest BCUT2D eigenvalue weighted by Gasteiger charge is -2.27. The third kappa shape index (κ3) is 3.36. The molecule has 114 valence electrons. The summed E-state index contributed by atoms with van der Waals surface area (Å²) in [4.78, 5) is 18.8. The summed E-state index contributed by atoms with van der Waals surface area (Å²) in [5.74, 6) is 0.898. The van der Waals surface area contributed by atoms with E-state index in [0.717, 1.165) is 18.9 Å². The molecule has 0 unspecified atom stereocenters. The van der Waals surface area contributed by atoms with E-state index in [9.17, 15) is 9.90 Å². The van der Waals surface area contributed by atoms with Gasteiger partial charge in [0.25, 0.3) is 5.91 Å². The maximum Gasteiger partial charge on any atom is 0.257 e. The maximum atomic E-state index is 12.2. The van der Waals surface area contributed by atoms with Gasteiger partial charge in [0.15, 0.2) is 0 Å². The molecule has 5 heteroatoms. The largest absolute Gasteiger partial charge is 0.508 e. The molecule has 1 aromatic carbocycles. The number of piperidine rings is 1. The minimum atomic E-state index is -0.205. The second-order valence-corrected chi connectivity index (χ2v) is 5.45. The molecule has 0 radical (unpaired) electrons. The van der Waals surface area contributed by atoms with Crippen molar-refractivity contribution in [2.24, 2.45) is 0 Å². The summed E-state index contributed by atoms with van der Waals surface area (Å²) in [6, 6.07) is 10.1. The van der Waals surface area contributed by atoms with E-state index in [1.807, 2.05) is 6.07 Å². The van der Waals surface area contributed by atoms with Crippen LogP contribution in [0.15, 0.2) is 42.6 Å². The maximum absolute atomic E-state index is 12.2. The van der Waals surface area contributed by atoms with Gasteiger partial charge < -0.3 is 15.3 Å². The smallest absolute Gasteiger partial charge is 0.257 e. The van der Waals surface area contributed by atoms with Crippen molar-refractivity contribution in [3.63, 3.8) is 0 Å². The van der Waals surface area contributed by atoms with Crippen molar-refractivity contribution in [3.05, 3.63) is 48.2 Å². The van der Waals surface area contributed by atoms with Crippen LogP contribution in [0, 0.1) is 0 Å². The topological polar surface area (TPSA) is 65.5 Å². The number of hydrogen-bond acceptors (Lipinski definition) is 4. The number of anilines is 2. The Bertz CT molecular complexity index is 632. The molecule has 0 bridgehead atoms. The van der Waals surface area contributed by atoms with Crippen molar-refractivity contribution in [3.8, 4) is 5.75 Å². The van der Waals surface area contributed by atoms with Crippen LogP contribution in [0.25, 0.3) is 0 Å². The van der Waals surface area contributed by atoms with Crippen molar-refractivity contribution in [1.82, 2.24) is 4.98 Å². The molecule has 2 N–H and O–H groups in total. The number of carbonyl (C=O) groups is 1. The van der Waals surface area contributed by atoms with Gasteiger partial charge in [-0.05, 0) is 55.7 Å². The van der Waals surface area contributed by atoms with Crippen molar-refractivity contribution in [2.75, 3.05) is 23.3 Å². The van der Waals surface area contributed by atoms with Crippen LogP contribution >= 0.6 is 0 Å². The Balaban J connectivity index is 1.66. The van der Waals surface area contributed by atoms with Crippen LogP contribution in [0.5, 0.6) is 5.75 Å². The molecular formula is C17H19N3O2. The molecule has 1 amide bonds. The Hall–Kier alpha value is -2.56. The highest BCUT2D eigenvalue weighted by molar-refractivity contribution is 6.04. The SMILES string of the molecule is O=C(Nc1ccc(O)cc1)c1ccc(N2CCCCC2)nc1. The molecule has 0 spiro atoms. The van der Waals surface area contributed by atoms with E-state index in [1.54, 1.807) is 24.4 Å². The summed E-state index contributed by atoms with van der Waals surface area (Å²) in [6.45, 7) is 2.07. The number of phenols is 1. The zero-order valence-electron chi connectivity index (χ0n) is 12.3. The van der Waals surface area contributed by atoms with Gasteiger partial charge in [0.05, 0.1) is 5.56 Å². The van der Waals surface area contributed by atoms with Crippen LogP contribution < -0.4 is 10.2 Å². The highest BCUT2D eigenvalue weighted by atomic mass is 16.3. The van der Waals surface area contributed by atoms with Gasteiger partial charge in [-0.1, -0.05) is 0 Å². The number of nitrogens with zero attached hydrogens (tertiary/aromatic N) is 2. The number of pyridine rings is 1. The lowest BCUT2D eigenvalue weighted by molar-refractivity contribution is 0.102. The summed E-state index contributed by atoms with van der Waals surface area (Å²) in [5, 5.41) is 12.0. The average molecular weight is 297 g/mol. The molecular weight excluding hydrogens is 278 g/mol. The van der Waals surface area contributed by atoms with E-state index in [-0.39, 0.29) is 11.7 Å². The van der Waals surface area contributed by atoms with Crippen LogP contribution in [0.3, 0.4) is 0 Å². The normalized spacial score (nSPS) is 14.6. The van der Waals surface area contributed by atoms with Crippen molar-refractivity contribution in [1.29, 1.82) is 0 Å².